The van der Waals surface area contributed by atoms with E-state index < -0.39 is 29.5 Å². The van der Waals surface area contributed by atoms with Crippen molar-refractivity contribution < 1.29 is 27.6 Å². The fourth-order valence-electron chi connectivity index (χ4n) is 3.32. The highest BCUT2D eigenvalue weighted by atomic mass is 19.4. The molecule has 2 aromatic rings. The SMILES string of the molecule is CN(C)CCN(Cc1cccc(C(F)(F)F)c1)C(=O)c1ccc2c(c1)C(=O)N(C)C2=O. The molecule has 3 rings (SSSR count). The van der Waals surface area contributed by atoms with Crippen LogP contribution < -0.4 is 0 Å². The van der Waals surface area contributed by atoms with E-state index in [-0.39, 0.29) is 29.8 Å². The smallest absolute Gasteiger partial charge is 0.333 e. The van der Waals surface area contributed by atoms with Crippen LogP contribution in [0.5, 0.6) is 0 Å². The second-order valence-corrected chi connectivity index (χ2v) is 7.66. The maximum Gasteiger partial charge on any atom is 0.416 e. The minimum atomic E-state index is -4.48. The van der Waals surface area contributed by atoms with Crippen LogP contribution in [0.4, 0.5) is 13.2 Å². The molecule has 0 N–H and O–H groups in total. The van der Waals surface area contributed by atoms with Crippen LogP contribution in [0.1, 0.15) is 42.2 Å². The molecule has 1 heterocycles. The molecule has 3 amide bonds. The molecule has 0 unspecified atom stereocenters. The quantitative estimate of drug-likeness (QED) is 0.657. The van der Waals surface area contributed by atoms with Crippen LogP contribution in [0.2, 0.25) is 0 Å². The Morgan fingerprint density at radius 3 is 2.29 bits per heavy atom. The third kappa shape index (κ3) is 4.77. The molecule has 2 aromatic carbocycles. The zero-order valence-electron chi connectivity index (χ0n) is 17.4. The molecule has 1 aliphatic heterocycles. The predicted octanol–water partition coefficient (Wildman–Crippen LogP) is 3.14. The molecule has 0 fully saturated rings. The Balaban J connectivity index is 1.90. The van der Waals surface area contributed by atoms with Crippen LogP contribution in [0, 0.1) is 0 Å². The van der Waals surface area contributed by atoms with Crippen LogP contribution in [-0.2, 0) is 12.7 Å². The standard InChI is InChI=1S/C22H22F3N3O3/c1-26(2)9-10-28(13-14-5-4-6-16(11-14)22(23,24)25)19(29)15-7-8-17-18(12-15)21(31)27(3)20(17)30/h4-8,11-12H,9-10,13H2,1-3H3. The van der Waals surface area contributed by atoms with Gasteiger partial charge >= 0.3 is 6.18 Å². The van der Waals surface area contributed by atoms with Crippen molar-refractivity contribution in [3.8, 4) is 0 Å². The van der Waals surface area contributed by atoms with E-state index in [1.807, 2.05) is 19.0 Å². The summed E-state index contributed by atoms with van der Waals surface area (Å²) in [7, 11) is 5.01. The van der Waals surface area contributed by atoms with Gasteiger partial charge in [-0.1, -0.05) is 12.1 Å². The van der Waals surface area contributed by atoms with Gasteiger partial charge < -0.3 is 9.80 Å². The number of hydrogen-bond acceptors (Lipinski definition) is 4. The highest BCUT2D eigenvalue weighted by Gasteiger charge is 2.34. The Hall–Kier alpha value is -3.20. The third-order valence-corrected chi connectivity index (χ3v) is 5.07. The zero-order valence-corrected chi connectivity index (χ0v) is 17.4. The molecule has 0 aromatic heterocycles. The van der Waals surface area contributed by atoms with Crippen molar-refractivity contribution in [2.45, 2.75) is 12.7 Å². The Labute approximate surface area is 177 Å². The van der Waals surface area contributed by atoms with E-state index in [0.29, 0.717) is 12.1 Å². The maximum atomic E-state index is 13.2. The number of rotatable bonds is 6. The lowest BCUT2D eigenvalue weighted by Gasteiger charge is -2.25. The Kier molecular flexibility index (Phi) is 6.17. The van der Waals surface area contributed by atoms with Crippen molar-refractivity contribution in [3.63, 3.8) is 0 Å². The van der Waals surface area contributed by atoms with Gasteiger partial charge in [0.2, 0.25) is 0 Å². The van der Waals surface area contributed by atoms with Crippen molar-refractivity contribution in [2.24, 2.45) is 0 Å². The number of hydrogen-bond donors (Lipinski definition) is 0. The number of carbonyl (C=O) groups is 3. The summed E-state index contributed by atoms with van der Waals surface area (Å²) in [6.07, 6.45) is -4.48. The van der Waals surface area contributed by atoms with Gasteiger partial charge in [-0.15, -0.1) is 0 Å². The zero-order chi connectivity index (χ0) is 22.9. The van der Waals surface area contributed by atoms with Crippen molar-refractivity contribution in [3.05, 3.63) is 70.3 Å². The number of amides is 3. The lowest BCUT2D eigenvalue weighted by Crippen LogP contribution is -2.36. The molecule has 31 heavy (non-hydrogen) atoms. The summed E-state index contributed by atoms with van der Waals surface area (Å²) in [6.45, 7) is 0.738. The number of carbonyl (C=O) groups excluding carboxylic acids is 3. The minimum Gasteiger partial charge on any atom is -0.333 e. The predicted molar refractivity (Wildman–Crippen MR) is 108 cm³/mol. The highest BCUT2D eigenvalue weighted by molar-refractivity contribution is 6.21. The molecule has 0 atom stereocenters. The molecule has 0 saturated carbocycles. The van der Waals surface area contributed by atoms with E-state index in [1.54, 1.807) is 0 Å². The summed E-state index contributed by atoms with van der Waals surface area (Å²) in [6, 6.07) is 9.11. The summed E-state index contributed by atoms with van der Waals surface area (Å²) < 4.78 is 39.2. The summed E-state index contributed by atoms with van der Waals surface area (Å²) in [5, 5.41) is 0. The molecule has 0 spiro atoms. The number of fused-ring (bicyclic) bond motifs is 1. The first kappa shape index (κ1) is 22.5. The molecular formula is C22H22F3N3O3. The van der Waals surface area contributed by atoms with E-state index in [2.05, 4.69) is 0 Å². The van der Waals surface area contributed by atoms with Gasteiger partial charge in [-0.3, -0.25) is 19.3 Å². The second-order valence-electron chi connectivity index (χ2n) is 7.66. The molecule has 6 nitrogen and oxygen atoms in total. The molecule has 164 valence electrons. The van der Waals surface area contributed by atoms with Gasteiger partial charge in [-0.05, 0) is 50.0 Å². The highest BCUT2D eigenvalue weighted by Crippen LogP contribution is 2.30. The molecule has 0 radical (unpaired) electrons. The second kappa shape index (κ2) is 8.50. The Morgan fingerprint density at radius 1 is 0.968 bits per heavy atom. The maximum absolute atomic E-state index is 13.2. The molecule has 1 aliphatic rings. The van der Waals surface area contributed by atoms with Gasteiger partial charge in [0.05, 0.1) is 16.7 Å². The fourth-order valence-corrected chi connectivity index (χ4v) is 3.32. The van der Waals surface area contributed by atoms with Gasteiger partial charge in [0.25, 0.3) is 17.7 Å². The van der Waals surface area contributed by atoms with Gasteiger partial charge in [-0.2, -0.15) is 13.2 Å². The number of alkyl halides is 3. The van der Waals surface area contributed by atoms with Crippen molar-refractivity contribution in [1.29, 1.82) is 0 Å². The lowest BCUT2D eigenvalue weighted by molar-refractivity contribution is -0.137. The molecule has 0 saturated heterocycles. The van der Waals surface area contributed by atoms with E-state index in [4.69, 9.17) is 0 Å². The van der Waals surface area contributed by atoms with Gasteiger partial charge in [0, 0.05) is 32.2 Å². The van der Waals surface area contributed by atoms with Crippen molar-refractivity contribution >= 4 is 17.7 Å². The number of nitrogens with zero attached hydrogens (tertiary/aromatic N) is 3. The average Bonchev–Trinajstić information content (AvgIpc) is 2.93. The molecular weight excluding hydrogens is 411 g/mol. The number of benzene rings is 2. The minimum absolute atomic E-state index is 0.0273. The molecule has 0 bridgehead atoms. The first-order valence-corrected chi connectivity index (χ1v) is 9.55. The van der Waals surface area contributed by atoms with E-state index >= 15 is 0 Å². The average molecular weight is 433 g/mol. The summed E-state index contributed by atoms with van der Waals surface area (Å²) in [5.41, 5.74) is 0.122. The van der Waals surface area contributed by atoms with E-state index in [0.717, 1.165) is 17.0 Å². The first-order valence-electron chi connectivity index (χ1n) is 9.55. The van der Waals surface area contributed by atoms with Crippen molar-refractivity contribution in [1.82, 2.24) is 14.7 Å². The van der Waals surface area contributed by atoms with Gasteiger partial charge in [0.15, 0.2) is 0 Å². The number of imide groups is 1. The largest absolute Gasteiger partial charge is 0.416 e. The first-order chi connectivity index (χ1) is 14.5. The summed E-state index contributed by atoms with van der Waals surface area (Å²) in [5.74, 6) is -1.36. The van der Waals surface area contributed by atoms with E-state index in [9.17, 15) is 27.6 Å². The monoisotopic (exact) mass is 433 g/mol. The molecule has 0 aliphatic carbocycles. The third-order valence-electron chi connectivity index (χ3n) is 5.07. The normalized spacial score (nSPS) is 13.7. The van der Waals surface area contributed by atoms with Crippen LogP contribution in [0.25, 0.3) is 0 Å². The van der Waals surface area contributed by atoms with Crippen LogP contribution in [0.3, 0.4) is 0 Å². The van der Waals surface area contributed by atoms with Gasteiger partial charge in [-0.25, -0.2) is 0 Å². The number of halogens is 3. The summed E-state index contributed by atoms with van der Waals surface area (Å²) >= 11 is 0. The summed E-state index contributed by atoms with van der Waals surface area (Å²) in [4.78, 5) is 41.8. The van der Waals surface area contributed by atoms with Gasteiger partial charge in [0.1, 0.15) is 0 Å². The number of likely N-dealkylation sites (N-methyl/N-ethyl adjacent to an activating group) is 1. The topological polar surface area (TPSA) is 60.9 Å². The van der Waals surface area contributed by atoms with Crippen molar-refractivity contribution in [2.75, 3.05) is 34.2 Å². The van der Waals surface area contributed by atoms with Crippen LogP contribution in [0.15, 0.2) is 42.5 Å². The Bertz CT molecular complexity index is 1030. The lowest BCUT2D eigenvalue weighted by atomic mass is 10.0. The fraction of sp³-hybridized carbons (Fsp3) is 0.318. The molecule has 9 heteroatoms. The van der Waals surface area contributed by atoms with Crippen LogP contribution >= 0.6 is 0 Å². The van der Waals surface area contributed by atoms with E-state index in [1.165, 1.54) is 42.3 Å². The van der Waals surface area contributed by atoms with Crippen LogP contribution in [-0.4, -0.2) is 66.7 Å². The Morgan fingerprint density at radius 2 is 1.65 bits per heavy atom.